The van der Waals surface area contributed by atoms with E-state index in [0.29, 0.717) is 18.7 Å². The van der Waals surface area contributed by atoms with E-state index < -0.39 is 0 Å². The first-order valence-corrected chi connectivity index (χ1v) is 7.06. The van der Waals surface area contributed by atoms with Gasteiger partial charge in [0.2, 0.25) is 0 Å². The van der Waals surface area contributed by atoms with E-state index in [1.165, 1.54) is 12.1 Å². The molecule has 1 atom stereocenters. The van der Waals surface area contributed by atoms with Gasteiger partial charge < -0.3 is 20.7 Å². The van der Waals surface area contributed by atoms with E-state index in [2.05, 4.69) is 10.2 Å². The Balaban J connectivity index is 1.95. The van der Waals surface area contributed by atoms with Crippen LogP contribution in [0.2, 0.25) is 10.0 Å². The Bertz CT molecular complexity index is 487. The standard InChI is InChI=1S/C13H17Cl2N3O2/c1-18-2-3-20-9(7-18)6-17-13(19)8-4-10(14)12(15)11(16)5-8/h4-5,9H,2-3,6-7,16H2,1H3,(H,17,19). The summed E-state index contributed by atoms with van der Waals surface area (Å²) in [7, 11) is 2.02. The van der Waals surface area contributed by atoms with Gasteiger partial charge in [-0.15, -0.1) is 0 Å². The van der Waals surface area contributed by atoms with Crippen LogP contribution in [-0.2, 0) is 4.74 Å². The van der Waals surface area contributed by atoms with Crippen LogP contribution in [0.1, 0.15) is 10.4 Å². The summed E-state index contributed by atoms with van der Waals surface area (Å²) in [6.07, 6.45) is -0.00202. The first kappa shape index (κ1) is 15.4. The van der Waals surface area contributed by atoms with Gasteiger partial charge in [0.25, 0.3) is 5.91 Å². The van der Waals surface area contributed by atoms with Gasteiger partial charge in [-0.05, 0) is 19.2 Å². The number of carbonyl (C=O) groups excluding carboxylic acids is 1. The number of halogens is 2. The lowest BCUT2D eigenvalue weighted by atomic mass is 10.2. The molecule has 7 heteroatoms. The molecule has 1 amide bonds. The van der Waals surface area contributed by atoms with Gasteiger partial charge in [-0.2, -0.15) is 0 Å². The third-order valence-electron chi connectivity index (χ3n) is 3.15. The number of benzene rings is 1. The van der Waals surface area contributed by atoms with Gasteiger partial charge in [-0.25, -0.2) is 0 Å². The number of carbonyl (C=O) groups is 1. The lowest BCUT2D eigenvalue weighted by Crippen LogP contribution is -2.45. The Morgan fingerprint density at radius 1 is 1.55 bits per heavy atom. The first-order valence-electron chi connectivity index (χ1n) is 6.30. The predicted molar refractivity (Wildman–Crippen MR) is 80.4 cm³/mol. The first-order chi connectivity index (χ1) is 9.47. The quantitative estimate of drug-likeness (QED) is 0.832. The van der Waals surface area contributed by atoms with Crippen LogP contribution in [-0.4, -0.2) is 50.2 Å². The lowest BCUT2D eigenvalue weighted by molar-refractivity contribution is -0.0175. The number of ether oxygens (including phenoxy) is 1. The molecule has 0 spiro atoms. The van der Waals surface area contributed by atoms with Gasteiger partial charge in [-0.1, -0.05) is 23.2 Å². The summed E-state index contributed by atoms with van der Waals surface area (Å²) in [5.41, 5.74) is 6.37. The molecule has 1 aliphatic heterocycles. The summed E-state index contributed by atoms with van der Waals surface area (Å²) >= 11 is 11.8. The zero-order valence-corrected chi connectivity index (χ0v) is 12.7. The number of rotatable bonds is 3. The molecule has 0 saturated carbocycles. The van der Waals surface area contributed by atoms with Gasteiger partial charge in [0.15, 0.2) is 0 Å². The smallest absolute Gasteiger partial charge is 0.251 e. The van der Waals surface area contributed by atoms with E-state index in [1.807, 2.05) is 7.05 Å². The van der Waals surface area contributed by atoms with Crippen LogP contribution in [0, 0.1) is 0 Å². The second-order valence-corrected chi connectivity index (χ2v) is 5.61. The van der Waals surface area contributed by atoms with Crippen molar-refractivity contribution < 1.29 is 9.53 Å². The van der Waals surface area contributed by atoms with Gasteiger partial charge in [0.1, 0.15) is 0 Å². The molecule has 1 saturated heterocycles. The fraction of sp³-hybridized carbons (Fsp3) is 0.462. The molecule has 2 rings (SSSR count). The second kappa shape index (κ2) is 6.63. The number of hydrogen-bond acceptors (Lipinski definition) is 4. The zero-order valence-electron chi connectivity index (χ0n) is 11.2. The number of anilines is 1. The molecule has 0 aliphatic carbocycles. The van der Waals surface area contributed by atoms with E-state index >= 15 is 0 Å². The topological polar surface area (TPSA) is 67.6 Å². The SMILES string of the molecule is CN1CCOC(CNC(=O)c2cc(N)c(Cl)c(Cl)c2)C1. The van der Waals surface area contributed by atoms with Crippen molar-refractivity contribution in [2.24, 2.45) is 0 Å². The monoisotopic (exact) mass is 317 g/mol. The molecule has 1 heterocycles. The van der Waals surface area contributed by atoms with E-state index in [-0.39, 0.29) is 27.7 Å². The average molecular weight is 318 g/mol. The van der Waals surface area contributed by atoms with Crippen LogP contribution in [0.5, 0.6) is 0 Å². The van der Waals surface area contributed by atoms with Crippen LogP contribution in [0.4, 0.5) is 5.69 Å². The molecule has 5 nitrogen and oxygen atoms in total. The summed E-state index contributed by atoms with van der Waals surface area (Å²) in [6, 6.07) is 3.01. The molecule has 1 aromatic rings. The van der Waals surface area contributed by atoms with Crippen molar-refractivity contribution in [1.82, 2.24) is 10.2 Å². The van der Waals surface area contributed by atoms with Crippen molar-refractivity contribution in [3.05, 3.63) is 27.7 Å². The minimum Gasteiger partial charge on any atom is -0.397 e. The number of hydrogen-bond donors (Lipinski definition) is 2. The fourth-order valence-electron chi connectivity index (χ4n) is 2.04. The molecular formula is C13H17Cl2N3O2. The summed E-state index contributed by atoms with van der Waals surface area (Å²) in [5.74, 6) is -0.243. The Morgan fingerprint density at radius 3 is 2.95 bits per heavy atom. The molecule has 0 radical (unpaired) electrons. The predicted octanol–water partition coefficient (Wildman–Crippen LogP) is 1.64. The van der Waals surface area contributed by atoms with E-state index in [4.69, 9.17) is 33.7 Å². The van der Waals surface area contributed by atoms with Gasteiger partial charge in [0.05, 0.1) is 28.4 Å². The van der Waals surface area contributed by atoms with Crippen LogP contribution in [0.25, 0.3) is 0 Å². The fourth-order valence-corrected chi connectivity index (χ4v) is 2.38. The average Bonchev–Trinajstić information content (AvgIpc) is 2.41. The number of likely N-dealkylation sites (N-methyl/N-ethyl adjacent to an activating group) is 1. The highest BCUT2D eigenvalue weighted by atomic mass is 35.5. The summed E-state index contributed by atoms with van der Waals surface area (Å²) in [5, 5.41) is 3.35. The van der Waals surface area contributed by atoms with Crippen molar-refractivity contribution in [3.63, 3.8) is 0 Å². The van der Waals surface area contributed by atoms with Gasteiger partial charge in [0, 0.05) is 25.2 Å². The Morgan fingerprint density at radius 2 is 2.30 bits per heavy atom. The second-order valence-electron chi connectivity index (χ2n) is 4.83. The maximum atomic E-state index is 12.0. The van der Waals surface area contributed by atoms with E-state index in [0.717, 1.165) is 13.1 Å². The van der Waals surface area contributed by atoms with E-state index in [1.54, 1.807) is 0 Å². The minimum absolute atomic E-state index is 0.00202. The molecule has 3 N–H and O–H groups in total. The normalized spacial score (nSPS) is 19.9. The van der Waals surface area contributed by atoms with Crippen molar-refractivity contribution in [1.29, 1.82) is 0 Å². The highest BCUT2D eigenvalue weighted by Crippen LogP contribution is 2.29. The third-order valence-corrected chi connectivity index (χ3v) is 3.97. The Hall–Kier alpha value is -1.01. The summed E-state index contributed by atoms with van der Waals surface area (Å²) < 4.78 is 5.57. The van der Waals surface area contributed by atoms with Crippen molar-refractivity contribution in [2.45, 2.75) is 6.10 Å². The van der Waals surface area contributed by atoms with Crippen LogP contribution >= 0.6 is 23.2 Å². The summed E-state index contributed by atoms with van der Waals surface area (Å²) in [4.78, 5) is 14.2. The summed E-state index contributed by atoms with van der Waals surface area (Å²) in [6.45, 7) is 2.83. The van der Waals surface area contributed by atoms with Crippen LogP contribution in [0.15, 0.2) is 12.1 Å². The molecular weight excluding hydrogens is 301 g/mol. The number of nitrogens with one attached hydrogen (secondary N) is 1. The number of morpholine rings is 1. The molecule has 1 aliphatic rings. The van der Waals surface area contributed by atoms with Gasteiger partial charge in [-0.3, -0.25) is 4.79 Å². The highest BCUT2D eigenvalue weighted by molar-refractivity contribution is 6.43. The van der Waals surface area contributed by atoms with Crippen molar-refractivity contribution in [2.75, 3.05) is 39.0 Å². The largest absolute Gasteiger partial charge is 0.397 e. The number of nitrogen functional groups attached to an aromatic ring is 1. The molecule has 0 aromatic heterocycles. The minimum atomic E-state index is -0.243. The zero-order chi connectivity index (χ0) is 14.7. The highest BCUT2D eigenvalue weighted by Gasteiger charge is 2.19. The van der Waals surface area contributed by atoms with Crippen molar-refractivity contribution >= 4 is 34.8 Å². The maximum absolute atomic E-state index is 12.0. The Kier molecular flexibility index (Phi) is 5.10. The third kappa shape index (κ3) is 3.76. The molecule has 1 aromatic carbocycles. The molecule has 1 fully saturated rings. The van der Waals surface area contributed by atoms with Gasteiger partial charge >= 0.3 is 0 Å². The molecule has 20 heavy (non-hydrogen) atoms. The number of nitrogens with zero attached hydrogens (tertiary/aromatic N) is 1. The molecule has 0 bridgehead atoms. The maximum Gasteiger partial charge on any atom is 0.251 e. The number of amides is 1. The Labute approximate surface area is 128 Å². The molecule has 110 valence electrons. The van der Waals surface area contributed by atoms with Crippen LogP contribution < -0.4 is 11.1 Å². The van der Waals surface area contributed by atoms with Crippen LogP contribution in [0.3, 0.4) is 0 Å². The molecule has 1 unspecified atom stereocenters. The van der Waals surface area contributed by atoms with E-state index in [9.17, 15) is 4.79 Å². The lowest BCUT2D eigenvalue weighted by Gasteiger charge is -2.30. The van der Waals surface area contributed by atoms with Crippen molar-refractivity contribution in [3.8, 4) is 0 Å². The number of nitrogens with two attached hydrogens (primary N) is 1.